The van der Waals surface area contributed by atoms with E-state index in [4.69, 9.17) is 24.6 Å². The lowest BCUT2D eigenvalue weighted by molar-refractivity contribution is 0.0626. The lowest BCUT2D eigenvalue weighted by Gasteiger charge is -2.22. The van der Waals surface area contributed by atoms with E-state index in [-0.39, 0.29) is 12.3 Å². The molecule has 152 valence electrons. The molecule has 1 aromatic carbocycles. The van der Waals surface area contributed by atoms with Crippen LogP contribution in [0.5, 0.6) is 11.5 Å². The van der Waals surface area contributed by atoms with E-state index in [1.165, 1.54) is 11.8 Å². The second-order valence-electron chi connectivity index (χ2n) is 7.11. The number of benzene rings is 1. The maximum atomic E-state index is 8.16. The van der Waals surface area contributed by atoms with E-state index in [0.29, 0.717) is 16.6 Å². The second-order valence-corrected chi connectivity index (χ2v) is 8.99. The number of aromatic nitrogens is 4. The van der Waals surface area contributed by atoms with E-state index >= 15 is 0 Å². The van der Waals surface area contributed by atoms with Crippen molar-refractivity contribution >= 4 is 38.9 Å². The highest BCUT2D eigenvalue weighted by molar-refractivity contribution is 9.10. The van der Waals surface area contributed by atoms with Gasteiger partial charge < -0.3 is 23.8 Å². The minimum absolute atomic E-state index is 0.200. The van der Waals surface area contributed by atoms with Gasteiger partial charge in [-0.15, -0.1) is 0 Å². The molecule has 0 atom stereocenters. The summed E-state index contributed by atoms with van der Waals surface area (Å²) >= 11 is 5.07. The van der Waals surface area contributed by atoms with Gasteiger partial charge in [-0.3, -0.25) is 5.41 Å². The van der Waals surface area contributed by atoms with Crippen LogP contribution in [0.2, 0.25) is 0 Å². The predicted molar refractivity (Wildman–Crippen MR) is 110 cm³/mol. The van der Waals surface area contributed by atoms with Crippen LogP contribution in [-0.4, -0.2) is 39.5 Å². The lowest BCUT2D eigenvalue weighted by Crippen LogP contribution is -2.19. The summed E-state index contributed by atoms with van der Waals surface area (Å²) in [6.07, 6.45) is 4.99. The molecule has 4 heterocycles. The molecular formula is C19H20BrN5O3S. The topological polar surface area (TPSA) is 98.0 Å². The van der Waals surface area contributed by atoms with E-state index < -0.39 is 0 Å². The molecule has 0 aliphatic carbocycles. The van der Waals surface area contributed by atoms with Crippen molar-refractivity contribution in [2.45, 2.75) is 35.9 Å². The van der Waals surface area contributed by atoms with Gasteiger partial charge >= 0.3 is 0 Å². The molecule has 0 amide bonds. The summed E-state index contributed by atoms with van der Waals surface area (Å²) in [6.45, 7) is 2.77. The third kappa shape index (κ3) is 3.88. The van der Waals surface area contributed by atoms with E-state index in [9.17, 15) is 0 Å². The Bertz CT molecular complexity index is 1110. The Labute approximate surface area is 179 Å². The molecule has 0 saturated carbocycles. The first-order valence-electron chi connectivity index (χ1n) is 9.52. The van der Waals surface area contributed by atoms with Gasteiger partial charge in [-0.25, -0.2) is 9.97 Å². The van der Waals surface area contributed by atoms with Gasteiger partial charge in [0.25, 0.3) is 0 Å². The number of aromatic amines is 1. The van der Waals surface area contributed by atoms with Crippen LogP contribution in [0.3, 0.4) is 0 Å². The van der Waals surface area contributed by atoms with E-state index in [1.807, 2.05) is 16.7 Å². The summed E-state index contributed by atoms with van der Waals surface area (Å²) in [5, 5.41) is 8.87. The Morgan fingerprint density at radius 3 is 2.86 bits per heavy atom. The van der Waals surface area contributed by atoms with Crippen molar-refractivity contribution in [3.63, 3.8) is 0 Å². The van der Waals surface area contributed by atoms with E-state index in [1.54, 1.807) is 6.33 Å². The smallest absolute Gasteiger partial charge is 0.231 e. The van der Waals surface area contributed by atoms with Gasteiger partial charge in [0.1, 0.15) is 5.52 Å². The number of halogens is 1. The Morgan fingerprint density at radius 2 is 2.03 bits per heavy atom. The molecular weight excluding hydrogens is 458 g/mol. The fraction of sp³-hybridized carbons (Fsp3) is 0.421. The van der Waals surface area contributed by atoms with Crippen LogP contribution in [0.1, 0.15) is 19.3 Å². The number of fused-ring (bicyclic) bond motifs is 2. The fourth-order valence-corrected chi connectivity index (χ4v) is 4.99. The molecule has 0 unspecified atom stereocenters. The standard InChI is InChI=1S/C19H20BrN5O3S/c20-12-7-13-14(28-10-27-13)8-15(12)29-19-23-16-17(21)22-9-25(18(16)24-19)4-1-11-2-5-26-6-3-11/h7-9,11,21H,1-6,10H2,(H,23,24). The number of nitrogens with zero attached hydrogens (tertiary/aromatic N) is 3. The molecule has 0 radical (unpaired) electrons. The molecule has 2 N–H and O–H groups in total. The average Bonchev–Trinajstić information content (AvgIpc) is 3.36. The van der Waals surface area contributed by atoms with Crippen molar-refractivity contribution < 1.29 is 14.2 Å². The molecule has 0 spiro atoms. The number of imidazole rings is 1. The van der Waals surface area contributed by atoms with Crippen LogP contribution in [0.4, 0.5) is 0 Å². The van der Waals surface area contributed by atoms with E-state index in [0.717, 1.165) is 65.5 Å². The summed E-state index contributed by atoms with van der Waals surface area (Å²) in [5.74, 6) is 2.12. The van der Waals surface area contributed by atoms with Gasteiger partial charge in [-0.05, 0) is 53.2 Å². The van der Waals surface area contributed by atoms with Gasteiger partial charge in [0, 0.05) is 29.1 Å². The number of hydrogen-bond donors (Lipinski definition) is 2. The van der Waals surface area contributed by atoms with Crippen molar-refractivity contribution in [3.05, 3.63) is 28.4 Å². The molecule has 8 nitrogen and oxygen atoms in total. The molecule has 29 heavy (non-hydrogen) atoms. The quantitative estimate of drug-likeness (QED) is 0.581. The van der Waals surface area contributed by atoms with Crippen molar-refractivity contribution in [1.29, 1.82) is 5.41 Å². The Hall–Kier alpha value is -2.04. The summed E-state index contributed by atoms with van der Waals surface area (Å²) in [4.78, 5) is 13.2. The number of hydrogen-bond acceptors (Lipinski definition) is 7. The summed E-state index contributed by atoms with van der Waals surface area (Å²) in [7, 11) is 0. The molecule has 0 bridgehead atoms. The third-order valence-electron chi connectivity index (χ3n) is 5.25. The summed E-state index contributed by atoms with van der Waals surface area (Å²) < 4.78 is 19.3. The van der Waals surface area contributed by atoms with Crippen LogP contribution in [0.15, 0.2) is 33.0 Å². The number of nitrogens with one attached hydrogen (secondary N) is 2. The number of H-pyrrole nitrogens is 1. The first kappa shape index (κ1) is 19.0. The van der Waals surface area contributed by atoms with Crippen molar-refractivity contribution in [2.75, 3.05) is 20.0 Å². The fourth-order valence-electron chi connectivity index (χ4n) is 3.61. The van der Waals surface area contributed by atoms with Crippen molar-refractivity contribution in [2.24, 2.45) is 5.92 Å². The Kier molecular flexibility index (Phi) is 5.23. The minimum Gasteiger partial charge on any atom is -0.454 e. The Balaban J connectivity index is 1.41. The van der Waals surface area contributed by atoms with Crippen LogP contribution in [0.25, 0.3) is 11.2 Å². The minimum atomic E-state index is 0.200. The largest absolute Gasteiger partial charge is 0.454 e. The highest BCUT2D eigenvalue weighted by Crippen LogP contribution is 2.42. The first-order chi connectivity index (χ1) is 14.2. The Morgan fingerprint density at radius 1 is 1.24 bits per heavy atom. The van der Waals surface area contributed by atoms with Gasteiger partial charge in [0.15, 0.2) is 27.8 Å². The molecule has 1 saturated heterocycles. The number of ether oxygens (including phenoxy) is 3. The number of aryl methyl sites for hydroxylation is 1. The zero-order chi connectivity index (χ0) is 19.8. The SMILES string of the molecule is N=c1ncn(CCC2CCOCC2)c2nc(Sc3cc4c(cc3Br)OCO4)[nH]c12. The van der Waals surface area contributed by atoms with Crippen molar-refractivity contribution in [3.8, 4) is 11.5 Å². The van der Waals surface area contributed by atoms with Gasteiger partial charge in [-0.2, -0.15) is 0 Å². The predicted octanol–water partition coefficient (Wildman–Crippen LogP) is 3.70. The maximum absolute atomic E-state index is 8.16. The molecule has 10 heteroatoms. The monoisotopic (exact) mass is 477 g/mol. The summed E-state index contributed by atoms with van der Waals surface area (Å²) in [6, 6.07) is 3.84. The molecule has 1 fully saturated rings. The molecule has 2 aliphatic heterocycles. The highest BCUT2D eigenvalue weighted by atomic mass is 79.9. The molecule has 3 aromatic rings. The van der Waals surface area contributed by atoms with Crippen LogP contribution in [-0.2, 0) is 11.3 Å². The van der Waals surface area contributed by atoms with Crippen molar-refractivity contribution in [1.82, 2.24) is 19.5 Å². The first-order valence-corrected chi connectivity index (χ1v) is 11.1. The highest BCUT2D eigenvalue weighted by Gasteiger charge is 2.19. The third-order valence-corrected chi connectivity index (χ3v) is 7.11. The zero-order valence-corrected chi connectivity index (χ0v) is 18.0. The normalized spacial score (nSPS) is 16.6. The zero-order valence-electron chi connectivity index (χ0n) is 15.6. The van der Waals surface area contributed by atoms with E-state index in [2.05, 4.69) is 25.9 Å². The van der Waals surface area contributed by atoms with Crippen LogP contribution in [0, 0.1) is 11.3 Å². The number of rotatable bonds is 5. The maximum Gasteiger partial charge on any atom is 0.231 e. The van der Waals surface area contributed by atoms with Crippen LogP contribution >= 0.6 is 27.7 Å². The average molecular weight is 478 g/mol. The molecule has 2 aliphatic rings. The van der Waals surface area contributed by atoms with Crippen LogP contribution < -0.4 is 15.0 Å². The lowest BCUT2D eigenvalue weighted by atomic mass is 9.97. The van der Waals surface area contributed by atoms with Gasteiger partial charge in [0.2, 0.25) is 6.79 Å². The van der Waals surface area contributed by atoms with Gasteiger partial charge in [0.05, 0.1) is 6.33 Å². The second kappa shape index (κ2) is 8.00. The molecule has 2 aromatic heterocycles. The van der Waals surface area contributed by atoms with Gasteiger partial charge in [-0.1, -0.05) is 11.8 Å². The molecule has 5 rings (SSSR count). The summed E-state index contributed by atoms with van der Waals surface area (Å²) in [5.41, 5.74) is 1.61.